The molecule has 0 saturated carbocycles. The molecule has 174 valence electrons. The SMILES string of the molecule is COC(=O)CCC(NC(=O)[C@H](C)NC(=O)OCC1c2ccccc2-c2ccccc21)C(=O)O. The van der Waals surface area contributed by atoms with Crippen molar-refractivity contribution in [2.45, 2.75) is 37.8 Å². The predicted molar refractivity (Wildman–Crippen MR) is 118 cm³/mol. The minimum absolute atomic E-state index is 0.0884. The van der Waals surface area contributed by atoms with Gasteiger partial charge in [-0.1, -0.05) is 48.5 Å². The summed E-state index contributed by atoms with van der Waals surface area (Å²) in [6.45, 7) is 1.50. The molecule has 2 atom stereocenters. The third-order valence-corrected chi connectivity index (χ3v) is 5.55. The van der Waals surface area contributed by atoms with E-state index in [9.17, 15) is 24.3 Å². The Kier molecular flexibility index (Phi) is 7.66. The monoisotopic (exact) mass is 454 g/mol. The maximum Gasteiger partial charge on any atom is 0.407 e. The highest BCUT2D eigenvalue weighted by Gasteiger charge is 2.30. The van der Waals surface area contributed by atoms with Gasteiger partial charge < -0.3 is 25.2 Å². The van der Waals surface area contributed by atoms with Crippen LogP contribution in [0.5, 0.6) is 0 Å². The van der Waals surface area contributed by atoms with Gasteiger partial charge in [0.05, 0.1) is 7.11 Å². The fourth-order valence-electron chi connectivity index (χ4n) is 3.80. The molecule has 2 aromatic carbocycles. The van der Waals surface area contributed by atoms with Crippen LogP contribution in [0.2, 0.25) is 0 Å². The number of esters is 1. The molecule has 1 aliphatic rings. The first-order valence-corrected chi connectivity index (χ1v) is 10.5. The van der Waals surface area contributed by atoms with Crippen LogP contribution >= 0.6 is 0 Å². The standard InChI is InChI=1S/C24H26N2O7/c1-14(22(28)26-20(23(29)30)11-12-21(27)32-2)25-24(31)33-13-19-17-9-5-3-7-15(17)16-8-4-6-10-18(16)19/h3-10,14,19-20H,11-13H2,1-2H3,(H,25,31)(H,26,28)(H,29,30)/t14-,20?/m0/s1. The summed E-state index contributed by atoms with van der Waals surface area (Å²) in [7, 11) is 1.19. The molecule has 0 saturated heterocycles. The van der Waals surface area contributed by atoms with Gasteiger partial charge in [-0.3, -0.25) is 9.59 Å². The molecular weight excluding hydrogens is 428 g/mol. The Hall–Kier alpha value is -3.88. The number of aliphatic carboxylic acids is 1. The van der Waals surface area contributed by atoms with Crippen LogP contribution in [0.1, 0.15) is 36.8 Å². The number of ether oxygens (including phenoxy) is 2. The number of amides is 2. The molecule has 1 unspecified atom stereocenters. The summed E-state index contributed by atoms with van der Waals surface area (Å²) in [6, 6.07) is 13.5. The summed E-state index contributed by atoms with van der Waals surface area (Å²) in [4.78, 5) is 47.2. The van der Waals surface area contributed by atoms with Crippen molar-refractivity contribution in [1.82, 2.24) is 10.6 Å². The van der Waals surface area contributed by atoms with Gasteiger partial charge >= 0.3 is 18.0 Å². The Morgan fingerprint density at radius 2 is 1.55 bits per heavy atom. The van der Waals surface area contributed by atoms with Crippen molar-refractivity contribution in [3.8, 4) is 11.1 Å². The fraction of sp³-hybridized carbons (Fsp3) is 0.333. The second-order valence-electron chi connectivity index (χ2n) is 7.71. The van der Waals surface area contributed by atoms with Gasteiger partial charge in [0.15, 0.2) is 0 Å². The van der Waals surface area contributed by atoms with Gasteiger partial charge in [-0.25, -0.2) is 9.59 Å². The van der Waals surface area contributed by atoms with Gasteiger partial charge in [-0.2, -0.15) is 0 Å². The first-order chi connectivity index (χ1) is 15.8. The Morgan fingerprint density at radius 3 is 2.09 bits per heavy atom. The van der Waals surface area contributed by atoms with E-state index in [1.165, 1.54) is 14.0 Å². The smallest absolute Gasteiger partial charge is 0.407 e. The molecule has 3 rings (SSSR count). The third-order valence-electron chi connectivity index (χ3n) is 5.55. The lowest BCUT2D eigenvalue weighted by atomic mass is 9.98. The number of nitrogens with one attached hydrogen (secondary N) is 2. The number of benzene rings is 2. The van der Waals surface area contributed by atoms with Crippen molar-refractivity contribution in [3.05, 3.63) is 59.7 Å². The number of hydrogen-bond donors (Lipinski definition) is 3. The largest absolute Gasteiger partial charge is 0.480 e. The van der Waals surface area contributed by atoms with Gasteiger partial charge in [0.1, 0.15) is 18.7 Å². The second kappa shape index (κ2) is 10.6. The van der Waals surface area contributed by atoms with Crippen LogP contribution in [0.3, 0.4) is 0 Å². The molecule has 3 N–H and O–H groups in total. The molecule has 0 heterocycles. The maximum absolute atomic E-state index is 12.3. The van der Waals surface area contributed by atoms with Crippen molar-refractivity contribution in [2.75, 3.05) is 13.7 Å². The van der Waals surface area contributed by atoms with Gasteiger partial charge in [0.2, 0.25) is 5.91 Å². The topological polar surface area (TPSA) is 131 Å². The molecular formula is C24H26N2O7. The van der Waals surface area contributed by atoms with E-state index in [-0.39, 0.29) is 25.4 Å². The summed E-state index contributed by atoms with van der Waals surface area (Å²) in [5.41, 5.74) is 4.32. The molecule has 2 aromatic rings. The molecule has 33 heavy (non-hydrogen) atoms. The van der Waals surface area contributed by atoms with Crippen molar-refractivity contribution in [3.63, 3.8) is 0 Å². The fourth-order valence-corrected chi connectivity index (χ4v) is 3.80. The van der Waals surface area contributed by atoms with E-state index in [0.717, 1.165) is 22.3 Å². The van der Waals surface area contributed by atoms with Gasteiger partial charge in [0.25, 0.3) is 0 Å². The summed E-state index contributed by atoms with van der Waals surface area (Å²) < 4.78 is 9.88. The number of carboxylic acid groups (broad SMARTS) is 1. The average Bonchev–Trinajstić information content (AvgIpc) is 3.13. The zero-order chi connectivity index (χ0) is 24.0. The van der Waals surface area contributed by atoms with Crippen LogP contribution in [0.15, 0.2) is 48.5 Å². The number of hydrogen-bond acceptors (Lipinski definition) is 6. The van der Waals surface area contributed by atoms with E-state index in [2.05, 4.69) is 15.4 Å². The number of carbonyl (C=O) groups excluding carboxylic acids is 3. The number of carboxylic acids is 1. The van der Waals surface area contributed by atoms with E-state index in [4.69, 9.17) is 4.74 Å². The quantitative estimate of drug-likeness (QED) is 0.496. The van der Waals surface area contributed by atoms with Crippen molar-refractivity contribution in [2.24, 2.45) is 0 Å². The highest BCUT2D eigenvalue weighted by Crippen LogP contribution is 2.44. The van der Waals surface area contributed by atoms with Gasteiger partial charge in [0, 0.05) is 12.3 Å². The Balaban J connectivity index is 1.55. The number of fused-ring (bicyclic) bond motifs is 3. The molecule has 0 spiro atoms. The Labute approximate surface area is 191 Å². The summed E-state index contributed by atoms with van der Waals surface area (Å²) in [5, 5.41) is 14.0. The van der Waals surface area contributed by atoms with Crippen molar-refractivity contribution in [1.29, 1.82) is 0 Å². The molecule has 0 bridgehead atoms. The molecule has 0 radical (unpaired) electrons. The first kappa shape index (κ1) is 23.8. The molecule has 0 fully saturated rings. The van der Waals surface area contributed by atoms with Crippen LogP contribution in [0.4, 0.5) is 4.79 Å². The zero-order valence-corrected chi connectivity index (χ0v) is 18.4. The lowest BCUT2D eigenvalue weighted by Gasteiger charge is -2.19. The van der Waals surface area contributed by atoms with Gasteiger partial charge in [-0.15, -0.1) is 0 Å². The van der Waals surface area contributed by atoms with E-state index in [1.54, 1.807) is 0 Å². The van der Waals surface area contributed by atoms with Crippen LogP contribution in [0, 0.1) is 0 Å². The number of alkyl carbamates (subject to hydrolysis) is 1. The Morgan fingerprint density at radius 1 is 0.970 bits per heavy atom. The molecule has 0 aromatic heterocycles. The normalized spacial score (nSPS) is 13.8. The summed E-state index contributed by atoms with van der Waals surface area (Å²) in [5.74, 6) is -2.70. The van der Waals surface area contributed by atoms with Gasteiger partial charge in [-0.05, 0) is 35.6 Å². The highest BCUT2D eigenvalue weighted by molar-refractivity contribution is 5.89. The molecule has 1 aliphatic carbocycles. The first-order valence-electron chi connectivity index (χ1n) is 10.5. The summed E-state index contributed by atoms with van der Waals surface area (Å²) >= 11 is 0. The molecule has 9 nitrogen and oxygen atoms in total. The van der Waals surface area contributed by atoms with Crippen LogP contribution < -0.4 is 10.6 Å². The van der Waals surface area contributed by atoms with Crippen LogP contribution in [-0.4, -0.2) is 54.8 Å². The van der Waals surface area contributed by atoms with Crippen molar-refractivity contribution >= 4 is 23.9 Å². The highest BCUT2D eigenvalue weighted by atomic mass is 16.5. The van der Waals surface area contributed by atoms with Crippen molar-refractivity contribution < 1.29 is 33.8 Å². The third kappa shape index (κ3) is 5.68. The summed E-state index contributed by atoms with van der Waals surface area (Å²) in [6.07, 6.45) is -1.09. The van der Waals surface area contributed by atoms with E-state index < -0.39 is 36.0 Å². The minimum atomic E-state index is -1.29. The average molecular weight is 454 g/mol. The zero-order valence-electron chi connectivity index (χ0n) is 18.4. The molecule has 9 heteroatoms. The van der Waals surface area contributed by atoms with Crippen LogP contribution in [0.25, 0.3) is 11.1 Å². The van der Waals surface area contributed by atoms with E-state index >= 15 is 0 Å². The minimum Gasteiger partial charge on any atom is -0.480 e. The number of carbonyl (C=O) groups is 4. The number of methoxy groups -OCH3 is 1. The lowest BCUT2D eigenvalue weighted by Crippen LogP contribution is -2.50. The van der Waals surface area contributed by atoms with E-state index in [0.29, 0.717) is 0 Å². The van der Waals surface area contributed by atoms with E-state index in [1.807, 2.05) is 48.5 Å². The predicted octanol–water partition coefficient (Wildman–Crippen LogP) is 2.44. The molecule has 2 amide bonds. The second-order valence-corrected chi connectivity index (χ2v) is 7.71. The molecule has 0 aliphatic heterocycles. The van der Waals surface area contributed by atoms with Crippen LogP contribution in [-0.2, 0) is 23.9 Å². The lowest BCUT2D eigenvalue weighted by molar-refractivity contribution is -0.144. The maximum atomic E-state index is 12.3. The Bertz CT molecular complexity index is 1010. The number of rotatable bonds is 9.